The Labute approximate surface area is 104 Å². The second-order valence-electron chi connectivity index (χ2n) is 2.85. The molecule has 0 saturated carbocycles. The van der Waals surface area contributed by atoms with E-state index in [9.17, 15) is 12.6 Å². The Morgan fingerprint density at radius 1 is 1.25 bits per heavy atom. The van der Waals surface area contributed by atoms with E-state index in [0.29, 0.717) is 0 Å². The molecule has 1 atom stereocenters. The molecule has 90 valence electrons. The van der Waals surface area contributed by atoms with Gasteiger partial charge in [-0.05, 0) is 12.1 Å². The van der Waals surface area contributed by atoms with Crippen LogP contribution in [0.1, 0.15) is 6.92 Å². The van der Waals surface area contributed by atoms with E-state index in [-0.39, 0.29) is 15.7 Å². The quantitative estimate of drug-likeness (QED) is 0.806. The van der Waals surface area contributed by atoms with Crippen LogP contribution < -0.4 is 0 Å². The lowest BCUT2D eigenvalue weighted by molar-refractivity contribution is 0.611. The van der Waals surface area contributed by atoms with Crippen molar-refractivity contribution < 1.29 is 12.6 Å². The van der Waals surface area contributed by atoms with Gasteiger partial charge in [0.2, 0.25) is 0 Å². The summed E-state index contributed by atoms with van der Waals surface area (Å²) < 4.78 is 37.2. The summed E-state index contributed by atoms with van der Waals surface area (Å²) in [6, 6.07) is 6.24. The minimum absolute atomic E-state index is 0.0166. The second-order valence-corrected chi connectivity index (χ2v) is 8.14. The average molecular weight is 302 g/mol. The molecule has 0 aliphatic rings. The van der Waals surface area contributed by atoms with Gasteiger partial charge in [0.1, 0.15) is 0 Å². The lowest BCUT2D eigenvalue weighted by Gasteiger charge is -2.07. The van der Waals surface area contributed by atoms with E-state index in [2.05, 4.69) is 3.77 Å². The molecular weight excluding hydrogens is 293 g/mol. The molecule has 1 rings (SSSR count). The molecule has 0 saturated heterocycles. The zero-order chi connectivity index (χ0) is 12.4. The third-order valence-electron chi connectivity index (χ3n) is 1.78. The Bertz CT molecular complexity index is 603. The highest BCUT2D eigenvalue weighted by Gasteiger charge is 2.17. The Morgan fingerprint density at radius 3 is 2.25 bits per heavy atom. The molecule has 0 aromatic heterocycles. The topological polar surface area (TPSA) is 63.6 Å². The van der Waals surface area contributed by atoms with Gasteiger partial charge in [-0.1, -0.05) is 34.4 Å². The molecule has 0 bridgehead atoms. The number of rotatable bonds is 3. The van der Waals surface area contributed by atoms with Crippen LogP contribution in [-0.2, 0) is 19.0 Å². The van der Waals surface area contributed by atoms with E-state index in [1.165, 1.54) is 12.1 Å². The predicted octanol–water partition coefficient (Wildman–Crippen LogP) is 2.67. The van der Waals surface area contributed by atoms with Crippen LogP contribution in [0.15, 0.2) is 32.9 Å². The zero-order valence-electron chi connectivity index (χ0n) is 8.26. The number of benzene rings is 1. The van der Waals surface area contributed by atoms with E-state index in [1.54, 1.807) is 19.1 Å². The summed E-state index contributed by atoms with van der Waals surface area (Å²) in [7, 11) is -2.33. The summed E-state index contributed by atoms with van der Waals surface area (Å²) in [5.74, 6) is 0.0166. The van der Waals surface area contributed by atoms with Crippen LogP contribution >= 0.6 is 22.3 Å². The molecule has 0 heterocycles. The van der Waals surface area contributed by atoms with Crippen molar-refractivity contribution in [3.05, 3.63) is 29.3 Å². The van der Waals surface area contributed by atoms with Crippen molar-refractivity contribution in [2.75, 3.05) is 5.75 Å². The molecule has 0 unspecified atom stereocenters. The summed E-state index contributed by atoms with van der Waals surface area (Å²) in [5.41, 5.74) is 0. The first-order valence-corrected chi connectivity index (χ1v) is 8.56. The Kier molecular flexibility index (Phi) is 4.23. The number of nitrogens with zero attached hydrogens (tertiary/aromatic N) is 1. The van der Waals surface area contributed by atoms with Gasteiger partial charge in [-0.15, -0.1) is 0 Å². The minimum atomic E-state index is -4.20. The van der Waals surface area contributed by atoms with Crippen LogP contribution in [0.3, 0.4) is 0 Å². The summed E-state index contributed by atoms with van der Waals surface area (Å²) in [5, 5.41) is 0.207. The smallest absolute Gasteiger partial charge is 0.244 e. The maximum atomic E-state index is 12.3. The minimum Gasteiger partial charge on any atom is -0.244 e. The fourth-order valence-electron chi connectivity index (χ4n) is 1.10. The van der Waals surface area contributed by atoms with Gasteiger partial charge < -0.3 is 0 Å². The molecule has 0 amide bonds. The van der Waals surface area contributed by atoms with Crippen molar-refractivity contribution in [2.24, 2.45) is 3.77 Å². The van der Waals surface area contributed by atoms with Gasteiger partial charge in [0.25, 0.3) is 0 Å². The van der Waals surface area contributed by atoms with Crippen LogP contribution in [0.5, 0.6) is 0 Å². The van der Waals surface area contributed by atoms with Crippen molar-refractivity contribution in [3.8, 4) is 0 Å². The maximum Gasteiger partial charge on any atom is 0.347 e. The fraction of sp³-hybridized carbons (Fsp3) is 0.250. The van der Waals surface area contributed by atoms with Gasteiger partial charge >= 0.3 is 9.24 Å². The first kappa shape index (κ1) is 13.8. The van der Waals surface area contributed by atoms with Crippen molar-refractivity contribution in [1.29, 1.82) is 0 Å². The third-order valence-corrected chi connectivity index (χ3v) is 6.23. The van der Waals surface area contributed by atoms with E-state index in [1.807, 2.05) is 0 Å². The summed E-state index contributed by atoms with van der Waals surface area (Å²) in [4.78, 5) is 0.184. The fourth-order valence-corrected chi connectivity index (χ4v) is 5.28. The van der Waals surface area contributed by atoms with Crippen LogP contribution in [0, 0.1) is 0 Å². The maximum absolute atomic E-state index is 12.3. The van der Waals surface area contributed by atoms with Crippen molar-refractivity contribution in [2.45, 2.75) is 11.8 Å². The summed E-state index contributed by atoms with van der Waals surface area (Å²) in [6.45, 7) is 1.55. The lowest BCUT2D eigenvalue weighted by atomic mass is 10.4. The predicted molar refractivity (Wildman–Crippen MR) is 65.6 cm³/mol. The number of hydrogen-bond acceptors (Lipinski definition) is 3. The standard InChI is InChI=1S/C8H9Cl2NO3S2/c1-2-15(12,11-16(10,13)14)8-6-4-3-5-7(8)9/h3-6H,2H2,1H3/t15-/m0/s1. The molecule has 0 fully saturated rings. The van der Waals surface area contributed by atoms with Crippen LogP contribution in [0.2, 0.25) is 5.02 Å². The first-order valence-electron chi connectivity index (χ1n) is 4.24. The highest BCUT2D eigenvalue weighted by Crippen LogP contribution is 2.25. The van der Waals surface area contributed by atoms with Gasteiger partial charge in [0, 0.05) is 16.4 Å². The zero-order valence-corrected chi connectivity index (χ0v) is 11.4. The van der Waals surface area contributed by atoms with Gasteiger partial charge in [0.15, 0.2) is 0 Å². The Morgan fingerprint density at radius 2 is 1.81 bits per heavy atom. The molecule has 16 heavy (non-hydrogen) atoms. The van der Waals surface area contributed by atoms with Gasteiger partial charge in [0.05, 0.1) is 19.6 Å². The molecule has 8 heteroatoms. The van der Waals surface area contributed by atoms with Gasteiger partial charge in [-0.2, -0.15) is 8.42 Å². The monoisotopic (exact) mass is 301 g/mol. The SMILES string of the molecule is CC[S@@](=O)(=NS(=O)(=O)Cl)c1ccccc1Cl. The largest absolute Gasteiger partial charge is 0.347 e. The normalized spacial score (nSPS) is 15.4. The van der Waals surface area contributed by atoms with E-state index >= 15 is 0 Å². The molecule has 0 N–H and O–H groups in total. The molecular formula is C8H9Cl2NO3S2. The van der Waals surface area contributed by atoms with Crippen molar-refractivity contribution in [1.82, 2.24) is 0 Å². The van der Waals surface area contributed by atoms with E-state index < -0.39 is 19.0 Å². The highest BCUT2D eigenvalue weighted by molar-refractivity contribution is 8.17. The molecule has 0 aliphatic carbocycles. The summed E-state index contributed by atoms with van der Waals surface area (Å²) >= 11 is 5.84. The molecule has 1 aromatic carbocycles. The Balaban J connectivity index is 3.57. The average Bonchev–Trinajstić information content (AvgIpc) is 2.15. The van der Waals surface area contributed by atoms with Crippen LogP contribution in [0.25, 0.3) is 0 Å². The van der Waals surface area contributed by atoms with E-state index in [0.717, 1.165) is 0 Å². The van der Waals surface area contributed by atoms with Gasteiger partial charge in [-0.25, -0.2) is 4.21 Å². The van der Waals surface area contributed by atoms with Gasteiger partial charge in [-0.3, -0.25) is 0 Å². The van der Waals surface area contributed by atoms with Crippen molar-refractivity contribution in [3.63, 3.8) is 0 Å². The van der Waals surface area contributed by atoms with Crippen molar-refractivity contribution >= 4 is 41.2 Å². The highest BCUT2D eigenvalue weighted by atomic mass is 35.7. The lowest BCUT2D eigenvalue weighted by Crippen LogP contribution is -2.06. The molecule has 0 spiro atoms. The Hall–Kier alpha value is -0.300. The molecule has 0 aliphatic heterocycles. The van der Waals surface area contributed by atoms with E-state index in [4.69, 9.17) is 22.3 Å². The third kappa shape index (κ3) is 3.35. The van der Waals surface area contributed by atoms with Crippen LogP contribution in [0.4, 0.5) is 0 Å². The summed E-state index contributed by atoms with van der Waals surface area (Å²) in [6.07, 6.45) is 0. The molecule has 0 radical (unpaired) electrons. The number of halogens is 2. The second kappa shape index (κ2) is 4.91. The first-order chi connectivity index (χ1) is 7.28. The number of hydrogen-bond donors (Lipinski definition) is 0. The van der Waals surface area contributed by atoms with Crippen LogP contribution in [-0.4, -0.2) is 18.4 Å². The molecule has 1 aromatic rings. The molecule has 4 nitrogen and oxygen atoms in total.